The zero-order chi connectivity index (χ0) is 13.8. The molecule has 0 radical (unpaired) electrons. The predicted octanol–water partition coefficient (Wildman–Crippen LogP) is 0.473. The van der Waals surface area contributed by atoms with Crippen LogP contribution in [-0.2, 0) is 9.47 Å². The fraction of sp³-hybridized carbons (Fsp3) is 0.692. The van der Waals surface area contributed by atoms with Crippen LogP contribution in [-0.4, -0.2) is 71.6 Å². The van der Waals surface area contributed by atoms with Gasteiger partial charge in [0.1, 0.15) is 0 Å². The Morgan fingerprint density at radius 1 is 1.24 bits per heavy atom. The number of aliphatic imine (C=N–C) groups is 2. The Morgan fingerprint density at radius 3 is 3.10 bits per heavy atom. The van der Waals surface area contributed by atoms with Crippen molar-refractivity contribution in [3.8, 4) is 0 Å². The van der Waals surface area contributed by atoms with Crippen molar-refractivity contribution in [1.82, 2.24) is 10.2 Å². The fourth-order valence-electron chi connectivity index (χ4n) is 3.33. The van der Waals surface area contributed by atoms with E-state index in [4.69, 9.17) is 19.5 Å². The molecule has 0 saturated carbocycles. The number of rotatable bonds is 2. The van der Waals surface area contributed by atoms with Gasteiger partial charge in [-0.3, -0.25) is 9.98 Å². The molecule has 5 aliphatic rings. The Balaban J connectivity index is 1.25. The van der Waals surface area contributed by atoms with E-state index in [2.05, 4.69) is 15.6 Å². The summed E-state index contributed by atoms with van der Waals surface area (Å²) in [4.78, 5) is 11.8. The van der Waals surface area contributed by atoms with Crippen LogP contribution in [0.25, 0.3) is 0 Å². The Hall–Kier alpha value is -0.700. The summed E-state index contributed by atoms with van der Waals surface area (Å²) in [6, 6.07) is 1.44. The molecule has 8 heteroatoms. The van der Waals surface area contributed by atoms with E-state index in [1.54, 1.807) is 23.5 Å². The van der Waals surface area contributed by atoms with E-state index in [0.717, 1.165) is 42.5 Å². The van der Waals surface area contributed by atoms with Gasteiger partial charge in [-0.25, -0.2) is 0 Å². The number of hydrogen-bond donors (Lipinski definition) is 1. The molecule has 4 atom stereocenters. The predicted molar refractivity (Wildman–Crippen MR) is 84.8 cm³/mol. The van der Waals surface area contributed by atoms with E-state index >= 15 is 0 Å². The Labute approximate surface area is 131 Å². The highest BCUT2D eigenvalue weighted by Gasteiger charge is 2.44. The van der Waals surface area contributed by atoms with Crippen LogP contribution in [0, 0.1) is 0 Å². The molecule has 21 heavy (non-hydrogen) atoms. The van der Waals surface area contributed by atoms with Gasteiger partial charge in [0.2, 0.25) is 0 Å². The van der Waals surface area contributed by atoms with Gasteiger partial charge in [-0.05, 0) is 5.41 Å². The molecule has 0 aromatic rings. The summed E-state index contributed by atoms with van der Waals surface area (Å²) in [6.45, 7) is 3.09. The van der Waals surface area contributed by atoms with Crippen molar-refractivity contribution in [2.45, 2.75) is 24.2 Å². The van der Waals surface area contributed by atoms with Gasteiger partial charge in [0.25, 0.3) is 0 Å². The van der Waals surface area contributed by atoms with E-state index in [-0.39, 0.29) is 0 Å². The van der Waals surface area contributed by atoms with Gasteiger partial charge in [0.15, 0.2) is 10.3 Å². The smallest absolute Gasteiger partial charge is 0.168 e. The third-order valence-corrected chi connectivity index (χ3v) is 6.28. The lowest BCUT2D eigenvalue weighted by atomic mass is 10.2. The van der Waals surface area contributed by atoms with Crippen LogP contribution in [0.4, 0.5) is 0 Å². The van der Waals surface area contributed by atoms with Crippen LogP contribution in [0.2, 0.25) is 0 Å². The van der Waals surface area contributed by atoms with Gasteiger partial charge >= 0.3 is 0 Å². The third kappa shape index (κ3) is 2.03. The highest BCUT2D eigenvalue weighted by atomic mass is 32.2. The van der Waals surface area contributed by atoms with E-state index in [1.807, 2.05) is 0 Å². The summed E-state index contributed by atoms with van der Waals surface area (Å²) in [6.07, 6.45) is 0. The van der Waals surface area contributed by atoms with Crippen LogP contribution < -0.4 is 5.32 Å². The molecule has 5 rings (SSSR count). The molecule has 1 N–H and O–H groups in total. The van der Waals surface area contributed by atoms with Gasteiger partial charge in [0.05, 0.1) is 50.6 Å². The first kappa shape index (κ1) is 12.8. The Kier molecular flexibility index (Phi) is 2.99. The molecule has 0 aromatic heterocycles. The molecular formula is C13H16N4O2S2. The van der Waals surface area contributed by atoms with Gasteiger partial charge in [-0.15, -0.1) is 0 Å². The van der Waals surface area contributed by atoms with Crippen LogP contribution in [0.15, 0.2) is 21.1 Å². The second-order valence-electron chi connectivity index (χ2n) is 5.76. The van der Waals surface area contributed by atoms with E-state index in [1.165, 1.54) is 5.70 Å². The topological polar surface area (TPSA) is 58.5 Å². The molecule has 5 aliphatic heterocycles. The average molecular weight is 324 g/mol. The minimum absolute atomic E-state index is 0.316. The fourth-order valence-corrected chi connectivity index (χ4v) is 5.39. The molecule has 0 bridgehead atoms. The number of nitrogens with zero attached hydrogens (tertiary/aromatic N) is 3. The highest BCUT2D eigenvalue weighted by Crippen LogP contribution is 2.38. The monoisotopic (exact) mass is 324 g/mol. The Bertz CT molecular complexity index is 564. The number of amidine groups is 2. The number of fused-ring (bicyclic) bond motifs is 4. The van der Waals surface area contributed by atoms with Crippen LogP contribution in [0.5, 0.6) is 0 Å². The molecule has 2 fully saturated rings. The summed E-state index contributed by atoms with van der Waals surface area (Å²) in [5.41, 5.74) is 1.33. The van der Waals surface area contributed by atoms with Crippen LogP contribution in [0.3, 0.4) is 0 Å². The minimum atomic E-state index is 0.316. The van der Waals surface area contributed by atoms with Gasteiger partial charge in [-0.1, -0.05) is 23.5 Å². The van der Waals surface area contributed by atoms with Crippen molar-refractivity contribution in [1.29, 1.82) is 0 Å². The maximum absolute atomic E-state index is 5.55. The number of ether oxygens (including phenoxy) is 2. The molecule has 5 heterocycles. The van der Waals surface area contributed by atoms with E-state index in [0.29, 0.717) is 24.2 Å². The SMILES string of the molecule is C1=C(CSC2=N[C@H]3COC[C@@H]3N2)N2C(=N[C@@H]3COC[C@@H]32)S1. The standard InChI is InChI=1S/C13H16N4O2S2/c1-8-9(2-18-1)15-12(14-8)20-5-7-6-21-13-16-10-3-19-4-11(10)17(7)13/h6,8-11H,1-5H2,(H,14,15)/t8-,9-,10+,11-/m0/s1. The zero-order valence-electron chi connectivity index (χ0n) is 11.4. The lowest BCUT2D eigenvalue weighted by Gasteiger charge is -2.23. The molecular weight excluding hydrogens is 308 g/mol. The minimum Gasteiger partial charge on any atom is -0.377 e. The summed E-state index contributed by atoms with van der Waals surface area (Å²) in [5.74, 6) is 0.932. The zero-order valence-corrected chi connectivity index (χ0v) is 13.0. The molecule has 6 nitrogen and oxygen atoms in total. The lowest BCUT2D eigenvalue weighted by molar-refractivity contribution is 0.178. The van der Waals surface area contributed by atoms with Gasteiger partial charge < -0.3 is 19.7 Å². The molecule has 0 aromatic carbocycles. The lowest BCUT2D eigenvalue weighted by Crippen LogP contribution is -2.37. The molecule has 112 valence electrons. The second-order valence-corrected chi connectivity index (χ2v) is 7.56. The first-order valence-corrected chi connectivity index (χ1v) is 9.10. The molecule has 0 aliphatic carbocycles. The van der Waals surface area contributed by atoms with Crippen molar-refractivity contribution < 1.29 is 9.47 Å². The summed E-state index contributed by atoms with van der Waals surface area (Å²) in [7, 11) is 0. The van der Waals surface area contributed by atoms with Crippen LogP contribution in [0.1, 0.15) is 0 Å². The van der Waals surface area contributed by atoms with Gasteiger partial charge in [-0.2, -0.15) is 0 Å². The van der Waals surface area contributed by atoms with Crippen LogP contribution >= 0.6 is 23.5 Å². The van der Waals surface area contributed by atoms with Crippen molar-refractivity contribution in [2.24, 2.45) is 9.98 Å². The number of nitrogens with one attached hydrogen (secondary N) is 1. The number of hydrogen-bond acceptors (Lipinski definition) is 8. The molecule has 0 spiro atoms. The van der Waals surface area contributed by atoms with Crippen molar-refractivity contribution in [2.75, 3.05) is 32.2 Å². The van der Waals surface area contributed by atoms with Crippen molar-refractivity contribution >= 4 is 33.9 Å². The van der Waals surface area contributed by atoms with Crippen molar-refractivity contribution in [3.05, 3.63) is 11.1 Å². The third-order valence-electron chi connectivity index (χ3n) is 4.44. The maximum atomic E-state index is 5.55. The van der Waals surface area contributed by atoms with E-state index < -0.39 is 0 Å². The maximum Gasteiger partial charge on any atom is 0.168 e. The summed E-state index contributed by atoms with van der Waals surface area (Å²) >= 11 is 3.53. The normalized spacial score (nSPS) is 39.6. The average Bonchev–Trinajstić information content (AvgIpc) is 3.20. The summed E-state index contributed by atoms with van der Waals surface area (Å²) < 4.78 is 11.0. The van der Waals surface area contributed by atoms with Crippen molar-refractivity contribution in [3.63, 3.8) is 0 Å². The van der Waals surface area contributed by atoms with E-state index in [9.17, 15) is 0 Å². The first-order chi connectivity index (χ1) is 10.4. The first-order valence-electron chi connectivity index (χ1n) is 7.24. The molecule has 2 saturated heterocycles. The highest BCUT2D eigenvalue weighted by molar-refractivity contribution is 8.17. The molecule has 0 amide bonds. The molecule has 0 unspecified atom stereocenters. The summed E-state index contributed by atoms with van der Waals surface area (Å²) in [5, 5.41) is 7.89. The van der Waals surface area contributed by atoms with Gasteiger partial charge in [0, 0.05) is 11.4 Å². The Morgan fingerprint density at radius 2 is 2.14 bits per heavy atom. The number of thioether (sulfide) groups is 2. The largest absolute Gasteiger partial charge is 0.377 e. The quantitative estimate of drug-likeness (QED) is 0.797. The second kappa shape index (κ2) is 4.91.